The minimum atomic E-state index is -1.36. The second-order valence-corrected chi connectivity index (χ2v) is 16.9. The van der Waals surface area contributed by atoms with Gasteiger partial charge < -0.3 is 39.8 Å². The van der Waals surface area contributed by atoms with E-state index in [2.05, 4.69) is 20.9 Å². The minimum Gasteiger partial charge on any atom is -0.449 e. The molecule has 15 nitrogen and oxygen atoms in total. The number of hydrogen-bond donors (Lipinski definition) is 3. The number of Topliss-reactive ketones (excluding diaryl/α,β-unsaturated/α-hetero) is 2. The number of ether oxygens (including phenoxy) is 4. The van der Waals surface area contributed by atoms with Gasteiger partial charge in [-0.1, -0.05) is 51.1 Å². The number of aromatic nitrogens is 1. The van der Waals surface area contributed by atoms with E-state index < -0.39 is 65.0 Å². The molecule has 8 atom stereocenters. The number of likely N-dealkylation sites (tertiary alicyclic amines) is 1. The Morgan fingerprint density at radius 1 is 1.07 bits per heavy atom. The highest BCUT2D eigenvalue weighted by molar-refractivity contribution is 7.13. The number of fused-ring (bicyclic) bond motifs is 1. The Balaban J connectivity index is 1.19. The Kier molecular flexibility index (Phi) is 12.7. The molecule has 5 heterocycles. The molecule has 55 heavy (non-hydrogen) atoms. The Hall–Kier alpha value is -4.25. The summed E-state index contributed by atoms with van der Waals surface area (Å²) < 4.78 is 22.9. The number of benzene rings is 1. The van der Waals surface area contributed by atoms with E-state index in [0.717, 1.165) is 23.3 Å². The van der Waals surface area contributed by atoms with Crippen LogP contribution in [-0.2, 0) is 38.1 Å². The molecule has 6 rings (SSSR count). The normalized spacial score (nSPS) is 26.0. The van der Waals surface area contributed by atoms with E-state index in [1.54, 1.807) is 26.2 Å². The lowest BCUT2D eigenvalue weighted by atomic mass is 9.85. The van der Waals surface area contributed by atoms with Crippen molar-refractivity contribution in [2.75, 3.05) is 32.9 Å². The zero-order chi connectivity index (χ0) is 39.4. The number of nitrogens with zero attached hydrogens (tertiary/aromatic N) is 2. The fourth-order valence-corrected chi connectivity index (χ4v) is 8.46. The van der Waals surface area contributed by atoms with Crippen molar-refractivity contribution in [3.05, 3.63) is 40.7 Å². The maximum Gasteiger partial charge on any atom is 0.407 e. The molecule has 298 valence electrons. The predicted octanol–water partition coefficient (Wildman–Crippen LogP) is 3.12. The van der Waals surface area contributed by atoms with E-state index in [1.165, 1.54) is 4.90 Å². The highest BCUT2D eigenvalue weighted by Gasteiger charge is 2.47. The van der Waals surface area contributed by atoms with Crippen LogP contribution in [0.3, 0.4) is 0 Å². The molecule has 0 saturated carbocycles. The molecular weight excluding hydrogens is 731 g/mol. The highest BCUT2D eigenvalue weighted by atomic mass is 32.1. The Bertz CT molecular complexity index is 1750. The molecule has 5 unspecified atom stereocenters. The molecule has 4 aliphatic heterocycles. The molecule has 1 aromatic carbocycles. The maximum atomic E-state index is 14.4. The number of nitrogens with one attached hydrogen (secondary N) is 3. The van der Waals surface area contributed by atoms with Crippen LogP contribution in [-0.4, -0.2) is 115 Å². The van der Waals surface area contributed by atoms with Gasteiger partial charge in [-0.2, -0.15) is 0 Å². The average Bonchev–Trinajstić information content (AvgIpc) is 3.99. The predicted molar refractivity (Wildman–Crippen MR) is 200 cm³/mol. The summed E-state index contributed by atoms with van der Waals surface area (Å²) in [6, 6.07) is 5.64. The zero-order valence-electron chi connectivity index (χ0n) is 31.9. The Morgan fingerprint density at radius 2 is 1.84 bits per heavy atom. The van der Waals surface area contributed by atoms with Gasteiger partial charge in [0.1, 0.15) is 12.1 Å². The van der Waals surface area contributed by atoms with E-state index in [9.17, 15) is 28.8 Å². The largest absolute Gasteiger partial charge is 0.449 e. The fraction of sp³-hybridized carbons (Fsp3) is 0.615. The molecule has 0 bridgehead atoms. The van der Waals surface area contributed by atoms with Crippen LogP contribution in [0.25, 0.3) is 11.3 Å². The fourth-order valence-electron chi connectivity index (χ4n) is 7.69. The van der Waals surface area contributed by atoms with Gasteiger partial charge in [0.25, 0.3) is 5.78 Å². The van der Waals surface area contributed by atoms with Crippen molar-refractivity contribution >= 4 is 46.7 Å². The summed E-state index contributed by atoms with van der Waals surface area (Å²) in [4.78, 5) is 87.8. The van der Waals surface area contributed by atoms with Crippen molar-refractivity contribution in [3.8, 4) is 11.3 Å². The first-order valence-corrected chi connectivity index (χ1v) is 19.9. The number of thiazole rings is 1. The number of alkyl carbamates (subject to hydrolysis) is 1. The molecule has 3 N–H and O–H groups in total. The molecule has 2 aromatic rings. The van der Waals surface area contributed by atoms with Gasteiger partial charge in [-0.25, -0.2) is 9.78 Å². The number of carbonyl (C=O) groups excluding carboxylic acids is 6. The standard InChI is InChI=1S/C39H51N5O10S/c1-21(2)54-25-16-29(44(17-25)36(49)32(39(3,4)5)43-38(50)53-19-24-18-52-37-26(24)12-14-51-37)34(48)41-27(15-23-11-13-40-33(23)47)30(45)31(46)35-42-28(20-55-35)22-9-7-6-8-10-22/h6-10,20-21,23-27,29,32,37H,11-19H2,1-5H3,(H,40,47)(H,41,48)(H,43,50)/t23?,24?,25-,26?,27?,29+,32-,37?/m1/s1. The van der Waals surface area contributed by atoms with Crippen molar-refractivity contribution in [2.24, 2.45) is 23.2 Å². The Labute approximate surface area is 324 Å². The topological polar surface area (TPSA) is 192 Å². The van der Waals surface area contributed by atoms with Gasteiger partial charge in [-0.05, 0) is 38.5 Å². The average molecular weight is 782 g/mol. The number of amides is 4. The van der Waals surface area contributed by atoms with Crippen LogP contribution in [0.15, 0.2) is 35.7 Å². The third-order valence-corrected chi connectivity index (χ3v) is 11.4. The number of ketones is 2. The van der Waals surface area contributed by atoms with E-state index in [0.29, 0.717) is 31.9 Å². The summed E-state index contributed by atoms with van der Waals surface area (Å²) in [5.41, 5.74) is 0.505. The number of rotatable bonds is 14. The summed E-state index contributed by atoms with van der Waals surface area (Å²) in [7, 11) is 0. The molecule has 4 amide bonds. The van der Waals surface area contributed by atoms with Gasteiger partial charge in [-0.3, -0.25) is 24.0 Å². The number of carbonyl (C=O) groups is 6. The third-order valence-electron chi connectivity index (χ3n) is 10.6. The highest BCUT2D eigenvalue weighted by Crippen LogP contribution is 2.36. The maximum absolute atomic E-state index is 14.4. The van der Waals surface area contributed by atoms with Gasteiger partial charge in [0, 0.05) is 48.2 Å². The van der Waals surface area contributed by atoms with Crippen molar-refractivity contribution < 1.29 is 47.7 Å². The molecule has 16 heteroatoms. The minimum absolute atomic E-state index is 0.0259. The van der Waals surface area contributed by atoms with Gasteiger partial charge in [-0.15, -0.1) is 11.3 Å². The van der Waals surface area contributed by atoms with E-state index in [4.69, 9.17) is 18.9 Å². The Morgan fingerprint density at radius 3 is 2.53 bits per heavy atom. The lowest BCUT2D eigenvalue weighted by Crippen LogP contribution is -2.59. The van der Waals surface area contributed by atoms with E-state index >= 15 is 0 Å². The van der Waals surface area contributed by atoms with Crippen molar-refractivity contribution in [2.45, 2.75) is 96.9 Å². The van der Waals surface area contributed by atoms with Crippen molar-refractivity contribution in [1.29, 1.82) is 0 Å². The van der Waals surface area contributed by atoms with Gasteiger partial charge in [0.05, 0.1) is 43.8 Å². The van der Waals surface area contributed by atoms with Gasteiger partial charge in [0.15, 0.2) is 11.3 Å². The molecule has 0 aliphatic carbocycles. The first-order chi connectivity index (χ1) is 26.2. The molecule has 4 saturated heterocycles. The number of hydrogen-bond acceptors (Lipinski definition) is 12. The van der Waals surface area contributed by atoms with Crippen LogP contribution in [0.1, 0.15) is 70.1 Å². The van der Waals surface area contributed by atoms with Crippen LogP contribution < -0.4 is 16.0 Å². The summed E-state index contributed by atoms with van der Waals surface area (Å²) >= 11 is 1.02. The van der Waals surface area contributed by atoms with Crippen LogP contribution in [0.2, 0.25) is 0 Å². The zero-order valence-corrected chi connectivity index (χ0v) is 32.7. The van der Waals surface area contributed by atoms with Crippen LogP contribution in [0.5, 0.6) is 0 Å². The summed E-state index contributed by atoms with van der Waals surface area (Å²) in [5, 5.41) is 9.88. The lowest BCUT2D eigenvalue weighted by Gasteiger charge is -2.35. The summed E-state index contributed by atoms with van der Waals surface area (Å²) in [6.45, 7) is 10.6. The van der Waals surface area contributed by atoms with Crippen LogP contribution in [0.4, 0.5) is 4.79 Å². The molecule has 0 radical (unpaired) electrons. The van der Waals surface area contributed by atoms with E-state index in [1.807, 2.05) is 44.2 Å². The lowest BCUT2D eigenvalue weighted by molar-refractivity contribution is -0.142. The molecule has 4 fully saturated rings. The molecule has 1 aromatic heterocycles. The first kappa shape index (κ1) is 40.4. The van der Waals surface area contributed by atoms with Gasteiger partial charge in [0.2, 0.25) is 23.5 Å². The quantitative estimate of drug-likeness (QED) is 0.189. The molecule has 4 aliphatic rings. The van der Waals surface area contributed by atoms with Crippen molar-refractivity contribution in [3.63, 3.8) is 0 Å². The summed E-state index contributed by atoms with van der Waals surface area (Å²) in [5.74, 6) is -3.77. The SMILES string of the molecule is CC(C)O[C@@H]1C[C@@H](C(=O)NC(CC2CCNC2=O)C(=O)C(=O)c2nc(-c3ccccc3)cs2)N(C(=O)[C@@H](NC(=O)OCC2COC3OCCC23)C(C)(C)C)C1. The smallest absolute Gasteiger partial charge is 0.407 e. The van der Waals surface area contributed by atoms with Crippen molar-refractivity contribution in [1.82, 2.24) is 25.8 Å². The van der Waals surface area contributed by atoms with E-state index in [-0.39, 0.29) is 61.1 Å². The monoisotopic (exact) mass is 781 g/mol. The van der Waals surface area contributed by atoms with Crippen LogP contribution in [0, 0.1) is 23.2 Å². The molecule has 0 spiro atoms. The second kappa shape index (κ2) is 17.3. The molecular formula is C39H51N5O10S. The first-order valence-electron chi connectivity index (χ1n) is 19.0. The second-order valence-electron chi connectivity index (χ2n) is 16.0. The van der Waals surface area contributed by atoms with Crippen LogP contribution >= 0.6 is 11.3 Å². The van der Waals surface area contributed by atoms with Gasteiger partial charge >= 0.3 is 6.09 Å². The third kappa shape index (κ3) is 9.59. The summed E-state index contributed by atoms with van der Waals surface area (Å²) in [6.07, 6.45) is -0.566.